The van der Waals surface area contributed by atoms with Gasteiger partial charge in [0.25, 0.3) is 0 Å². The number of thioether (sulfide) groups is 1. The Hall–Kier alpha value is -2.22. The van der Waals surface area contributed by atoms with Crippen LogP contribution in [0.3, 0.4) is 0 Å². The molecule has 19 heavy (non-hydrogen) atoms. The number of anilines is 1. The molecule has 5 nitrogen and oxygen atoms in total. The predicted molar refractivity (Wildman–Crippen MR) is 74.9 cm³/mol. The van der Waals surface area contributed by atoms with Crippen molar-refractivity contribution in [3.8, 4) is 17.7 Å². The second kappa shape index (κ2) is 6.10. The molecule has 1 N–H and O–H groups in total. The van der Waals surface area contributed by atoms with Crippen LogP contribution in [0.4, 0.5) is 9.93 Å². The van der Waals surface area contributed by atoms with Gasteiger partial charge in [0.05, 0.1) is 10.2 Å². The van der Waals surface area contributed by atoms with Crippen LogP contribution in [0.2, 0.25) is 0 Å². The van der Waals surface area contributed by atoms with Gasteiger partial charge in [-0.25, -0.2) is 9.78 Å². The summed E-state index contributed by atoms with van der Waals surface area (Å²) < 4.78 is 5.57. The highest BCUT2D eigenvalue weighted by Crippen LogP contribution is 2.29. The molecule has 0 radical (unpaired) electrons. The van der Waals surface area contributed by atoms with E-state index in [-0.39, 0.29) is 6.61 Å². The van der Waals surface area contributed by atoms with Crippen LogP contribution in [0.25, 0.3) is 10.2 Å². The number of terminal acetylenes is 1. The minimum absolute atomic E-state index is 0.0836. The number of rotatable bonds is 3. The lowest BCUT2D eigenvalue weighted by molar-refractivity contribution is 0.176. The zero-order valence-electron chi connectivity index (χ0n) is 9.54. The van der Waals surface area contributed by atoms with Crippen molar-refractivity contribution in [2.45, 2.75) is 4.90 Å². The zero-order valence-corrected chi connectivity index (χ0v) is 11.2. The number of ether oxygens (including phenoxy) is 1. The summed E-state index contributed by atoms with van der Waals surface area (Å²) in [4.78, 5) is 16.4. The second-order valence-electron chi connectivity index (χ2n) is 3.25. The summed E-state index contributed by atoms with van der Waals surface area (Å²) in [5.41, 5.74) is 0.750. The van der Waals surface area contributed by atoms with Crippen molar-refractivity contribution < 1.29 is 9.53 Å². The molecule has 0 aliphatic rings. The highest BCUT2D eigenvalue weighted by Gasteiger charge is 2.08. The van der Waals surface area contributed by atoms with Crippen molar-refractivity contribution in [3.05, 3.63) is 18.2 Å². The quantitative estimate of drug-likeness (QED) is 0.534. The highest BCUT2D eigenvalue weighted by molar-refractivity contribution is 8.03. The molecule has 0 aliphatic carbocycles. The fourth-order valence-corrected chi connectivity index (χ4v) is 2.69. The molecular formula is C12H7N3O2S2. The molecule has 0 aliphatic heterocycles. The van der Waals surface area contributed by atoms with Crippen LogP contribution >= 0.6 is 23.1 Å². The number of hydrogen-bond acceptors (Lipinski definition) is 6. The normalized spacial score (nSPS) is 9.58. The number of carbonyl (C=O) groups excluding carboxylic acids is 1. The predicted octanol–water partition coefficient (Wildman–Crippen LogP) is 3.05. The van der Waals surface area contributed by atoms with Gasteiger partial charge in [0.2, 0.25) is 0 Å². The van der Waals surface area contributed by atoms with Gasteiger partial charge in [0, 0.05) is 4.90 Å². The molecule has 0 atom stereocenters. The number of benzene rings is 1. The molecule has 0 saturated carbocycles. The average Bonchev–Trinajstić information content (AvgIpc) is 2.78. The first kappa shape index (κ1) is 13.2. The summed E-state index contributed by atoms with van der Waals surface area (Å²) in [6.45, 7) is -0.0836. The fourth-order valence-electron chi connectivity index (χ4n) is 1.31. The Morgan fingerprint density at radius 2 is 2.47 bits per heavy atom. The summed E-state index contributed by atoms with van der Waals surface area (Å²) in [5.74, 6) is 2.20. The van der Waals surface area contributed by atoms with E-state index >= 15 is 0 Å². The van der Waals surface area contributed by atoms with Crippen LogP contribution in [-0.4, -0.2) is 17.7 Å². The van der Waals surface area contributed by atoms with Crippen LogP contribution in [-0.2, 0) is 4.74 Å². The van der Waals surface area contributed by atoms with Gasteiger partial charge in [0.1, 0.15) is 5.40 Å². The van der Waals surface area contributed by atoms with Gasteiger partial charge in [-0.3, -0.25) is 5.32 Å². The number of amides is 1. The van der Waals surface area contributed by atoms with E-state index in [1.54, 1.807) is 12.1 Å². The number of thiocyanates is 1. The number of carbonyl (C=O) groups is 1. The third-order valence-corrected chi connectivity index (χ3v) is 3.53. The number of aromatic nitrogens is 1. The topological polar surface area (TPSA) is 75.0 Å². The maximum absolute atomic E-state index is 11.3. The Kier molecular flexibility index (Phi) is 4.24. The van der Waals surface area contributed by atoms with E-state index in [4.69, 9.17) is 11.7 Å². The van der Waals surface area contributed by atoms with Gasteiger partial charge in [-0.1, -0.05) is 17.3 Å². The minimum Gasteiger partial charge on any atom is -0.436 e. The number of fused-ring (bicyclic) bond motifs is 1. The smallest absolute Gasteiger partial charge is 0.414 e. The molecule has 2 aromatic rings. The Morgan fingerprint density at radius 1 is 1.63 bits per heavy atom. The van der Waals surface area contributed by atoms with Crippen molar-refractivity contribution in [2.75, 3.05) is 11.9 Å². The molecule has 2 rings (SSSR count). The van der Waals surface area contributed by atoms with Gasteiger partial charge < -0.3 is 4.74 Å². The Labute approximate surface area is 117 Å². The van der Waals surface area contributed by atoms with Crippen molar-refractivity contribution >= 4 is 44.5 Å². The van der Waals surface area contributed by atoms with E-state index in [0.29, 0.717) is 5.13 Å². The van der Waals surface area contributed by atoms with E-state index in [1.165, 1.54) is 11.3 Å². The van der Waals surface area contributed by atoms with Crippen LogP contribution in [0.5, 0.6) is 0 Å². The molecule has 0 unspecified atom stereocenters. The average molecular weight is 289 g/mol. The molecule has 0 fully saturated rings. The molecule has 94 valence electrons. The lowest BCUT2D eigenvalue weighted by Crippen LogP contribution is -2.13. The molecule has 1 aromatic carbocycles. The third-order valence-electron chi connectivity index (χ3n) is 2.02. The van der Waals surface area contributed by atoms with Crippen molar-refractivity contribution in [3.63, 3.8) is 0 Å². The Balaban J connectivity index is 2.15. The van der Waals surface area contributed by atoms with Gasteiger partial charge in [0.15, 0.2) is 11.7 Å². The first-order valence-electron chi connectivity index (χ1n) is 5.06. The molecular weight excluding hydrogens is 282 g/mol. The lowest BCUT2D eigenvalue weighted by Gasteiger charge is -1.99. The molecule has 0 bridgehead atoms. The summed E-state index contributed by atoms with van der Waals surface area (Å²) in [6, 6.07) is 5.44. The summed E-state index contributed by atoms with van der Waals surface area (Å²) in [5, 5.41) is 13.5. The van der Waals surface area contributed by atoms with Crippen molar-refractivity contribution in [1.82, 2.24) is 4.98 Å². The standard InChI is InChI=1S/C12H7N3O2S2/c1-2-5-17-12(16)15-11-14-9-4-3-8(18-7-13)6-10(9)19-11/h1,3-4,6H,5H2,(H,14,15,16). The molecule has 1 aromatic heterocycles. The van der Waals surface area contributed by atoms with Crippen LogP contribution < -0.4 is 5.32 Å². The monoisotopic (exact) mass is 289 g/mol. The highest BCUT2D eigenvalue weighted by atomic mass is 32.2. The van der Waals surface area contributed by atoms with Crippen LogP contribution in [0, 0.1) is 23.0 Å². The van der Waals surface area contributed by atoms with Crippen LogP contribution in [0.1, 0.15) is 0 Å². The fraction of sp³-hybridized carbons (Fsp3) is 0.0833. The molecule has 1 heterocycles. The molecule has 7 heteroatoms. The molecule has 0 saturated heterocycles. The van der Waals surface area contributed by atoms with Gasteiger partial charge in [-0.2, -0.15) is 5.26 Å². The van der Waals surface area contributed by atoms with Gasteiger partial charge in [-0.05, 0) is 30.0 Å². The van der Waals surface area contributed by atoms with E-state index in [0.717, 1.165) is 26.9 Å². The van der Waals surface area contributed by atoms with Crippen molar-refractivity contribution in [1.29, 1.82) is 5.26 Å². The summed E-state index contributed by atoms with van der Waals surface area (Å²) in [7, 11) is 0. The van der Waals surface area contributed by atoms with E-state index in [2.05, 4.69) is 21.0 Å². The number of nitrogens with zero attached hydrogens (tertiary/aromatic N) is 2. The summed E-state index contributed by atoms with van der Waals surface area (Å²) in [6.07, 6.45) is 4.34. The lowest BCUT2D eigenvalue weighted by atomic mass is 10.3. The largest absolute Gasteiger partial charge is 0.436 e. The van der Waals surface area contributed by atoms with Crippen molar-refractivity contribution in [2.24, 2.45) is 0 Å². The van der Waals surface area contributed by atoms with E-state index in [1.807, 2.05) is 11.5 Å². The number of hydrogen-bond donors (Lipinski definition) is 1. The third kappa shape index (κ3) is 3.38. The SMILES string of the molecule is C#CCOC(=O)Nc1nc2ccc(SC#N)cc2s1. The number of nitrogens with one attached hydrogen (secondary N) is 1. The minimum atomic E-state index is -0.636. The van der Waals surface area contributed by atoms with E-state index < -0.39 is 6.09 Å². The van der Waals surface area contributed by atoms with Crippen LogP contribution in [0.15, 0.2) is 23.1 Å². The first-order chi connectivity index (χ1) is 9.22. The number of thiazole rings is 1. The molecule has 1 amide bonds. The zero-order chi connectivity index (χ0) is 13.7. The maximum atomic E-state index is 11.3. The number of nitriles is 1. The Bertz CT molecular complexity index is 697. The van der Waals surface area contributed by atoms with Gasteiger partial charge in [-0.15, -0.1) is 6.42 Å². The second-order valence-corrected chi connectivity index (χ2v) is 5.14. The van der Waals surface area contributed by atoms with Gasteiger partial charge >= 0.3 is 6.09 Å². The Morgan fingerprint density at radius 3 is 3.21 bits per heavy atom. The first-order valence-corrected chi connectivity index (χ1v) is 6.70. The van der Waals surface area contributed by atoms with E-state index in [9.17, 15) is 4.79 Å². The molecule has 0 spiro atoms. The maximum Gasteiger partial charge on any atom is 0.414 e. The summed E-state index contributed by atoms with van der Waals surface area (Å²) >= 11 is 2.38.